The van der Waals surface area contributed by atoms with Gasteiger partial charge in [-0.05, 0) is 30.9 Å². The standard InChI is InChI=1S/C22H24N6O4/c1-12-8-17(29)28-19(25-12)16(11-24-28)20(30)23-10-13-4-2-5-14(9-13)18-15-6-3-7-32-21(15)27-22(31)26-18/h2,4-5,8-9,11,15,18,21,24H,3,6-7,10H2,1H3,(H,23,30)(H2,26,27,31)/t15-,18-,21-/m0/s1. The van der Waals surface area contributed by atoms with E-state index in [9.17, 15) is 14.4 Å². The maximum absolute atomic E-state index is 12.8. The number of urea groups is 1. The van der Waals surface area contributed by atoms with Crippen LogP contribution in [-0.2, 0) is 11.3 Å². The average molecular weight is 436 g/mol. The van der Waals surface area contributed by atoms with E-state index < -0.39 is 0 Å². The molecule has 3 amide bonds. The molecular weight excluding hydrogens is 412 g/mol. The predicted octanol–water partition coefficient (Wildman–Crippen LogP) is 1.37. The van der Waals surface area contributed by atoms with Crippen molar-refractivity contribution in [2.24, 2.45) is 5.92 Å². The van der Waals surface area contributed by atoms with Gasteiger partial charge < -0.3 is 20.7 Å². The van der Waals surface area contributed by atoms with Crippen LogP contribution in [0.1, 0.15) is 46.1 Å². The molecule has 0 unspecified atom stereocenters. The average Bonchev–Trinajstić information content (AvgIpc) is 3.21. The number of carbonyl (C=O) groups is 2. The minimum absolute atomic E-state index is 0.144. The second-order valence-electron chi connectivity index (χ2n) is 8.20. The van der Waals surface area contributed by atoms with Crippen molar-refractivity contribution in [1.82, 2.24) is 30.5 Å². The number of ether oxygens (including phenoxy) is 1. The number of nitrogens with zero attached hydrogens (tertiary/aromatic N) is 2. The zero-order valence-electron chi connectivity index (χ0n) is 17.6. The first-order valence-corrected chi connectivity index (χ1v) is 10.6. The molecule has 0 spiro atoms. The molecule has 0 radical (unpaired) electrons. The normalized spacial score (nSPS) is 22.7. The molecule has 166 valence electrons. The van der Waals surface area contributed by atoms with Crippen LogP contribution in [0, 0.1) is 12.8 Å². The Morgan fingerprint density at radius 1 is 1.28 bits per heavy atom. The van der Waals surface area contributed by atoms with Gasteiger partial charge in [0.05, 0.1) is 6.04 Å². The third-order valence-electron chi connectivity index (χ3n) is 5.99. The van der Waals surface area contributed by atoms with Crippen LogP contribution in [-0.4, -0.2) is 39.4 Å². The van der Waals surface area contributed by atoms with Gasteiger partial charge in [-0.15, -0.1) is 0 Å². The molecule has 32 heavy (non-hydrogen) atoms. The molecule has 2 aliphatic rings. The van der Waals surface area contributed by atoms with E-state index in [-0.39, 0.29) is 35.7 Å². The van der Waals surface area contributed by atoms with Crippen LogP contribution in [0.15, 0.2) is 41.3 Å². The van der Waals surface area contributed by atoms with Gasteiger partial charge in [0.15, 0.2) is 5.65 Å². The van der Waals surface area contributed by atoms with Crippen LogP contribution in [0.2, 0.25) is 0 Å². The third kappa shape index (κ3) is 3.73. The summed E-state index contributed by atoms with van der Waals surface area (Å²) < 4.78 is 6.99. The summed E-state index contributed by atoms with van der Waals surface area (Å²) in [5, 5.41) is 11.5. The predicted molar refractivity (Wildman–Crippen MR) is 115 cm³/mol. The molecule has 3 aromatic rings. The Bertz CT molecular complexity index is 1250. The molecule has 2 saturated heterocycles. The summed E-state index contributed by atoms with van der Waals surface area (Å²) in [5.41, 5.74) is 2.75. The van der Waals surface area contributed by atoms with Crippen LogP contribution in [0.4, 0.5) is 4.79 Å². The lowest BCUT2D eigenvalue weighted by Crippen LogP contribution is -2.58. The molecule has 10 nitrogen and oxygen atoms in total. The molecule has 4 N–H and O–H groups in total. The van der Waals surface area contributed by atoms with Crippen molar-refractivity contribution in [2.75, 3.05) is 6.61 Å². The number of H-pyrrole nitrogens is 1. The number of aromatic amines is 1. The first-order valence-electron chi connectivity index (χ1n) is 10.6. The van der Waals surface area contributed by atoms with Gasteiger partial charge in [0.1, 0.15) is 11.8 Å². The minimum Gasteiger partial charge on any atom is -0.358 e. The maximum Gasteiger partial charge on any atom is 0.317 e. The topological polar surface area (TPSA) is 130 Å². The monoisotopic (exact) mass is 436 g/mol. The zero-order chi connectivity index (χ0) is 22.2. The van der Waals surface area contributed by atoms with Gasteiger partial charge in [0, 0.05) is 37.0 Å². The molecule has 0 bridgehead atoms. The fraction of sp³-hybridized carbons (Fsp3) is 0.364. The quantitative estimate of drug-likeness (QED) is 0.491. The fourth-order valence-corrected chi connectivity index (χ4v) is 4.48. The van der Waals surface area contributed by atoms with E-state index in [0.717, 1.165) is 24.0 Å². The summed E-state index contributed by atoms with van der Waals surface area (Å²) in [7, 11) is 0. The van der Waals surface area contributed by atoms with Crippen molar-refractivity contribution in [3.63, 3.8) is 0 Å². The second kappa shape index (κ2) is 8.12. The number of rotatable bonds is 4. The van der Waals surface area contributed by atoms with Gasteiger partial charge in [-0.25, -0.2) is 14.3 Å². The van der Waals surface area contributed by atoms with Crippen LogP contribution >= 0.6 is 0 Å². The van der Waals surface area contributed by atoms with Gasteiger partial charge in [-0.1, -0.05) is 24.3 Å². The molecule has 3 atom stereocenters. The molecule has 4 heterocycles. The number of hydrogen-bond donors (Lipinski definition) is 4. The number of benzene rings is 1. The number of hydrogen-bond acceptors (Lipinski definition) is 5. The van der Waals surface area contributed by atoms with E-state index in [1.54, 1.807) is 6.92 Å². The largest absolute Gasteiger partial charge is 0.358 e. The SMILES string of the molecule is Cc1cc(=O)n2[nH]cc(C(=O)NCc3cccc([C@@H]4NC(=O)N[C@H]5OCCC[C@H]54)c3)c2n1. The van der Waals surface area contributed by atoms with Gasteiger partial charge in [0.25, 0.3) is 11.5 Å². The van der Waals surface area contributed by atoms with Crippen LogP contribution < -0.4 is 21.5 Å². The lowest BCUT2D eigenvalue weighted by atomic mass is 9.85. The van der Waals surface area contributed by atoms with Gasteiger partial charge in [-0.2, -0.15) is 0 Å². The number of fused-ring (bicyclic) bond motifs is 2. The zero-order valence-corrected chi connectivity index (χ0v) is 17.6. The summed E-state index contributed by atoms with van der Waals surface area (Å²) in [4.78, 5) is 41.2. The van der Waals surface area contributed by atoms with Crippen molar-refractivity contribution in [1.29, 1.82) is 0 Å². The first-order chi connectivity index (χ1) is 15.5. The van der Waals surface area contributed by atoms with Gasteiger partial charge in [0.2, 0.25) is 0 Å². The Morgan fingerprint density at radius 2 is 2.16 bits per heavy atom. The van der Waals surface area contributed by atoms with E-state index in [2.05, 4.69) is 26.0 Å². The van der Waals surface area contributed by atoms with Crippen molar-refractivity contribution in [2.45, 2.75) is 38.6 Å². The van der Waals surface area contributed by atoms with E-state index >= 15 is 0 Å². The van der Waals surface area contributed by atoms with Crippen LogP contribution in [0.3, 0.4) is 0 Å². The highest BCUT2D eigenvalue weighted by molar-refractivity contribution is 5.99. The van der Waals surface area contributed by atoms with Crippen LogP contribution in [0.5, 0.6) is 0 Å². The Labute approximate surface area is 183 Å². The highest BCUT2D eigenvalue weighted by atomic mass is 16.5. The Hall–Kier alpha value is -3.66. The molecule has 2 aliphatic heterocycles. The first kappa shape index (κ1) is 20.3. The second-order valence-corrected chi connectivity index (χ2v) is 8.20. The summed E-state index contributed by atoms with van der Waals surface area (Å²) in [6.07, 6.45) is 3.09. The minimum atomic E-state index is -0.331. The lowest BCUT2D eigenvalue weighted by molar-refractivity contribution is -0.0602. The molecule has 0 saturated carbocycles. The van der Waals surface area contributed by atoms with Crippen LogP contribution in [0.25, 0.3) is 5.65 Å². The van der Waals surface area contributed by atoms with Crippen molar-refractivity contribution in [3.8, 4) is 0 Å². The van der Waals surface area contributed by atoms with E-state index in [0.29, 0.717) is 30.1 Å². The number of amides is 3. The molecule has 0 aliphatic carbocycles. The molecule has 5 rings (SSSR count). The number of carbonyl (C=O) groups excluding carboxylic acids is 2. The maximum atomic E-state index is 12.8. The Kier molecular flexibility index (Phi) is 5.14. The Balaban J connectivity index is 1.33. The molecule has 1 aromatic carbocycles. The number of aryl methyl sites for hydroxylation is 1. The van der Waals surface area contributed by atoms with Gasteiger partial charge in [-0.3, -0.25) is 14.7 Å². The highest BCUT2D eigenvalue weighted by Crippen LogP contribution is 2.34. The van der Waals surface area contributed by atoms with Crippen molar-refractivity contribution in [3.05, 3.63) is 69.3 Å². The molecule has 10 heteroatoms. The third-order valence-corrected chi connectivity index (χ3v) is 5.99. The van der Waals surface area contributed by atoms with Crippen molar-refractivity contribution < 1.29 is 14.3 Å². The smallest absolute Gasteiger partial charge is 0.317 e. The fourth-order valence-electron chi connectivity index (χ4n) is 4.48. The van der Waals surface area contributed by atoms with Crippen molar-refractivity contribution >= 4 is 17.6 Å². The van der Waals surface area contributed by atoms with Gasteiger partial charge >= 0.3 is 6.03 Å². The molecular formula is C22H24N6O4. The Morgan fingerprint density at radius 3 is 3.03 bits per heavy atom. The highest BCUT2D eigenvalue weighted by Gasteiger charge is 2.39. The van der Waals surface area contributed by atoms with E-state index in [1.165, 1.54) is 16.8 Å². The van der Waals surface area contributed by atoms with E-state index in [1.807, 2.05) is 24.3 Å². The van der Waals surface area contributed by atoms with E-state index in [4.69, 9.17) is 4.74 Å². The summed E-state index contributed by atoms with van der Waals surface area (Å²) in [6, 6.07) is 8.81. The lowest BCUT2D eigenvalue weighted by Gasteiger charge is -2.42. The molecule has 2 fully saturated rings. The summed E-state index contributed by atoms with van der Waals surface area (Å²) in [5.74, 6) is -0.187. The summed E-state index contributed by atoms with van der Waals surface area (Å²) >= 11 is 0. The number of nitrogens with one attached hydrogen (secondary N) is 4. The molecule has 2 aromatic heterocycles. The number of aromatic nitrogens is 3. The summed E-state index contributed by atoms with van der Waals surface area (Å²) in [6.45, 7) is 2.65.